The Hall–Kier alpha value is 0.270. The summed E-state index contributed by atoms with van der Waals surface area (Å²) < 4.78 is 6.13. The highest BCUT2D eigenvalue weighted by Gasteiger charge is 2.42. The number of ether oxygens (including phenoxy) is 1. The predicted octanol–water partition coefficient (Wildman–Crippen LogP) is 3.31. The van der Waals surface area contributed by atoms with Gasteiger partial charge in [0.05, 0.1) is 5.60 Å². The van der Waals surface area contributed by atoms with E-state index >= 15 is 0 Å². The van der Waals surface area contributed by atoms with Crippen molar-refractivity contribution >= 4 is 11.8 Å². The van der Waals surface area contributed by atoms with Gasteiger partial charge in [-0.15, -0.1) is 0 Å². The third kappa shape index (κ3) is 3.43. The Morgan fingerprint density at radius 2 is 2.06 bits per heavy atom. The molecular weight excluding hydrogens is 242 g/mol. The topological polar surface area (TPSA) is 21.3 Å². The van der Waals surface area contributed by atoms with Gasteiger partial charge in [0.1, 0.15) is 0 Å². The molecule has 0 amide bonds. The van der Waals surface area contributed by atoms with Crippen LogP contribution in [0.3, 0.4) is 0 Å². The normalized spacial score (nSPS) is 36.2. The summed E-state index contributed by atoms with van der Waals surface area (Å²) in [4.78, 5) is 0. The molecule has 0 aromatic carbocycles. The highest BCUT2D eigenvalue weighted by molar-refractivity contribution is 7.99. The monoisotopic (exact) mass is 271 g/mol. The first-order chi connectivity index (χ1) is 8.52. The summed E-state index contributed by atoms with van der Waals surface area (Å²) >= 11 is 2.07. The van der Waals surface area contributed by atoms with Gasteiger partial charge in [0.2, 0.25) is 0 Å². The van der Waals surface area contributed by atoms with E-state index in [4.69, 9.17) is 4.74 Å². The number of nitrogens with one attached hydrogen (secondary N) is 1. The molecule has 18 heavy (non-hydrogen) atoms. The molecule has 3 heteroatoms. The fraction of sp³-hybridized carbons (Fsp3) is 1.00. The maximum atomic E-state index is 6.13. The van der Waals surface area contributed by atoms with Crippen molar-refractivity contribution in [2.24, 2.45) is 11.8 Å². The van der Waals surface area contributed by atoms with E-state index in [2.05, 4.69) is 44.8 Å². The van der Waals surface area contributed by atoms with Crippen LogP contribution < -0.4 is 5.32 Å². The molecule has 0 aromatic heterocycles. The van der Waals surface area contributed by atoms with Crippen molar-refractivity contribution in [2.45, 2.75) is 64.6 Å². The minimum Gasteiger partial charge on any atom is -0.374 e. The number of hydrogen-bond donors (Lipinski definition) is 1. The molecule has 2 aliphatic heterocycles. The van der Waals surface area contributed by atoms with Crippen molar-refractivity contribution in [3.63, 3.8) is 0 Å². The predicted molar refractivity (Wildman–Crippen MR) is 80.2 cm³/mol. The number of hydrogen-bond acceptors (Lipinski definition) is 3. The summed E-state index contributed by atoms with van der Waals surface area (Å²) in [6.07, 6.45) is 3.80. The zero-order valence-electron chi connectivity index (χ0n) is 12.4. The highest BCUT2D eigenvalue weighted by Crippen LogP contribution is 2.42. The van der Waals surface area contributed by atoms with Gasteiger partial charge in [-0.1, -0.05) is 20.8 Å². The van der Waals surface area contributed by atoms with Gasteiger partial charge in [0.25, 0.3) is 0 Å². The molecule has 2 aliphatic rings. The molecule has 4 atom stereocenters. The van der Waals surface area contributed by atoms with Crippen LogP contribution in [0.5, 0.6) is 0 Å². The van der Waals surface area contributed by atoms with Crippen LogP contribution >= 0.6 is 11.8 Å². The van der Waals surface area contributed by atoms with Crippen molar-refractivity contribution in [3.8, 4) is 0 Å². The second kappa shape index (κ2) is 6.15. The van der Waals surface area contributed by atoms with Crippen LogP contribution in [0.25, 0.3) is 0 Å². The molecule has 4 unspecified atom stereocenters. The van der Waals surface area contributed by atoms with E-state index in [1.54, 1.807) is 0 Å². The lowest BCUT2D eigenvalue weighted by molar-refractivity contribution is -0.0899. The van der Waals surface area contributed by atoms with Crippen molar-refractivity contribution in [2.75, 3.05) is 18.1 Å². The first kappa shape index (κ1) is 14.7. The average molecular weight is 271 g/mol. The largest absolute Gasteiger partial charge is 0.374 e. The zero-order chi connectivity index (χ0) is 13.2. The van der Waals surface area contributed by atoms with E-state index < -0.39 is 0 Å². The minimum absolute atomic E-state index is 0.236. The standard InChI is InChI=1S/C15H29NOS/c1-11(2)16-13(4)12(3)14-5-7-17-15(9-14)6-8-18-10-15/h11-14,16H,5-10H2,1-4H3. The van der Waals surface area contributed by atoms with Gasteiger partial charge in [-0.2, -0.15) is 11.8 Å². The van der Waals surface area contributed by atoms with Crippen LogP contribution in [0.2, 0.25) is 0 Å². The zero-order valence-corrected chi connectivity index (χ0v) is 13.2. The number of thioether (sulfide) groups is 1. The molecule has 2 nitrogen and oxygen atoms in total. The Kier molecular flexibility index (Phi) is 5.01. The smallest absolute Gasteiger partial charge is 0.0783 e. The molecular formula is C15H29NOS. The van der Waals surface area contributed by atoms with E-state index in [0.717, 1.165) is 18.4 Å². The van der Waals surface area contributed by atoms with E-state index in [1.165, 1.54) is 30.8 Å². The van der Waals surface area contributed by atoms with Gasteiger partial charge in [0.15, 0.2) is 0 Å². The second-order valence-electron chi connectivity index (χ2n) is 6.56. The SMILES string of the molecule is CC(C)NC(C)C(C)C1CCOC2(CCSC2)C1. The maximum Gasteiger partial charge on any atom is 0.0783 e. The molecule has 1 spiro atoms. The molecule has 0 bridgehead atoms. The average Bonchev–Trinajstić information content (AvgIpc) is 2.75. The van der Waals surface area contributed by atoms with Crippen LogP contribution in [0.15, 0.2) is 0 Å². The molecule has 2 saturated heterocycles. The van der Waals surface area contributed by atoms with Gasteiger partial charge in [-0.3, -0.25) is 0 Å². The Labute approximate surface area is 117 Å². The minimum atomic E-state index is 0.236. The van der Waals surface area contributed by atoms with Crippen LogP contribution in [-0.2, 0) is 4.74 Å². The Morgan fingerprint density at radius 1 is 1.28 bits per heavy atom. The van der Waals surface area contributed by atoms with Gasteiger partial charge in [0, 0.05) is 24.4 Å². The van der Waals surface area contributed by atoms with E-state index in [1.807, 2.05) is 0 Å². The summed E-state index contributed by atoms with van der Waals surface area (Å²) in [5.41, 5.74) is 0.236. The van der Waals surface area contributed by atoms with Crippen molar-refractivity contribution in [1.82, 2.24) is 5.32 Å². The maximum absolute atomic E-state index is 6.13. The first-order valence-corrected chi connectivity index (χ1v) is 8.66. The second-order valence-corrected chi connectivity index (χ2v) is 7.66. The molecule has 0 aliphatic carbocycles. The van der Waals surface area contributed by atoms with Gasteiger partial charge in [-0.25, -0.2) is 0 Å². The third-order valence-electron chi connectivity index (χ3n) is 4.73. The van der Waals surface area contributed by atoms with Crippen LogP contribution in [-0.4, -0.2) is 35.8 Å². The quantitative estimate of drug-likeness (QED) is 0.847. The van der Waals surface area contributed by atoms with Crippen LogP contribution in [0, 0.1) is 11.8 Å². The van der Waals surface area contributed by atoms with Crippen LogP contribution in [0.1, 0.15) is 47.0 Å². The molecule has 2 fully saturated rings. The van der Waals surface area contributed by atoms with Gasteiger partial charge >= 0.3 is 0 Å². The summed E-state index contributed by atoms with van der Waals surface area (Å²) in [5, 5.41) is 3.67. The number of rotatable bonds is 4. The molecule has 106 valence electrons. The van der Waals surface area contributed by atoms with Crippen molar-refractivity contribution < 1.29 is 4.74 Å². The summed E-state index contributed by atoms with van der Waals surface area (Å²) in [6.45, 7) is 10.2. The fourth-order valence-electron chi connectivity index (χ4n) is 3.46. The van der Waals surface area contributed by atoms with Gasteiger partial charge in [-0.05, 0) is 43.8 Å². The summed E-state index contributed by atoms with van der Waals surface area (Å²) in [6, 6.07) is 1.19. The van der Waals surface area contributed by atoms with E-state index in [0.29, 0.717) is 12.1 Å². The molecule has 2 heterocycles. The lowest BCUT2D eigenvalue weighted by Crippen LogP contribution is -2.46. The highest BCUT2D eigenvalue weighted by atomic mass is 32.2. The lowest BCUT2D eigenvalue weighted by atomic mass is 9.76. The van der Waals surface area contributed by atoms with E-state index in [-0.39, 0.29) is 5.60 Å². The van der Waals surface area contributed by atoms with Gasteiger partial charge < -0.3 is 10.1 Å². The molecule has 1 N–H and O–H groups in total. The van der Waals surface area contributed by atoms with Crippen molar-refractivity contribution in [3.05, 3.63) is 0 Å². The Bertz CT molecular complexity index is 263. The Morgan fingerprint density at radius 3 is 2.67 bits per heavy atom. The molecule has 0 aromatic rings. The third-order valence-corrected chi connectivity index (χ3v) is 5.95. The molecule has 0 saturated carbocycles. The van der Waals surface area contributed by atoms with Crippen molar-refractivity contribution in [1.29, 1.82) is 0 Å². The molecule has 0 radical (unpaired) electrons. The van der Waals surface area contributed by atoms with Crippen LogP contribution in [0.4, 0.5) is 0 Å². The summed E-state index contributed by atoms with van der Waals surface area (Å²) in [5.74, 6) is 4.10. The lowest BCUT2D eigenvalue weighted by Gasteiger charge is -2.42. The Balaban J connectivity index is 1.91. The fourth-order valence-corrected chi connectivity index (χ4v) is 4.84. The van der Waals surface area contributed by atoms with E-state index in [9.17, 15) is 0 Å². The molecule has 2 rings (SSSR count). The first-order valence-electron chi connectivity index (χ1n) is 7.50. The summed E-state index contributed by atoms with van der Waals surface area (Å²) in [7, 11) is 0.